The van der Waals surface area contributed by atoms with E-state index in [4.69, 9.17) is 4.42 Å². The quantitative estimate of drug-likeness (QED) is 0.788. The van der Waals surface area contributed by atoms with E-state index in [1.54, 1.807) is 50.2 Å². The van der Waals surface area contributed by atoms with Gasteiger partial charge in [0.15, 0.2) is 5.76 Å². The molecule has 0 radical (unpaired) electrons. The van der Waals surface area contributed by atoms with E-state index in [0.717, 1.165) is 0 Å². The monoisotopic (exact) mass is 302 g/mol. The van der Waals surface area contributed by atoms with E-state index in [1.807, 2.05) is 0 Å². The molecule has 0 atom stereocenters. The smallest absolute Gasteiger partial charge is 0.291 e. The summed E-state index contributed by atoms with van der Waals surface area (Å²) >= 11 is 0. The average molecular weight is 302 g/mol. The summed E-state index contributed by atoms with van der Waals surface area (Å²) in [6, 6.07) is 9.70. The molecule has 1 aromatic carbocycles. The molecular weight excluding hydrogens is 284 g/mol. The van der Waals surface area contributed by atoms with Crippen molar-refractivity contribution in [1.82, 2.24) is 5.32 Å². The zero-order chi connectivity index (χ0) is 16.2. The van der Waals surface area contributed by atoms with Gasteiger partial charge in [-0.15, -0.1) is 0 Å². The van der Waals surface area contributed by atoms with Crippen LogP contribution in [0.5, 0.6) is 0 Å². The molecule has 1 aromatic heterocycles. The third-order valence-electron chi connectivity index (χ3n) is 2.97. The first-order chi connectivity index (χ1) is 10.4. The minimum atomic E-state index is -0.718. The standard InChI is InChI=1S/C16H18N2O4/c1-16(2,10-19)18-14(20)11-5-3-6-12(9-11)17-15(21)13-7-4-8-22-13/h3-9,19H,10H2,1-2H3,(H,17,21)(H,18,20). The molecule has 0 aliphatic heterocycles. The fourth-order valence-corrected chi connectivity index (χ4v) is 1.76. The minimum absolute atomic E-state index is 0.173. The molecule has 0 unspecified atom stereocenters. The van der Waals surface area contributed by atoms with Crippen LogP contribution in [-0.4, -0.2) is 29.1 Å². The summed E-state index contributed by atoms with van der Waals surface area (Å²) in [6.45, 7) is 3.26. The predicted octanol–water partition coefficient (Wildman–Crippen LogP) is 2.03. The molecule has 6 nitrogen and oxygen atoms in total. The Hall–Kier alpha value is -2.60. The Morgan fingerprint density at radius 3 is 2.59 bits per heavy atom. The molecule has 6 heteroatoms. The Morgan fingerprint density at radius 2 is 1.95 bits per heavy atom. The topological polar surface area (TPSA) is 91.6 Å². The van der Waals surface area contributed by atoms with Crippen molar-refractivity contribution in [3.05, 3.63) is 54.0 Å². The Balaban J connectivity index is 2.10. The molecule has 0 bridgehead atoms. The molecule has 0 aliphatic rings. The molecular formula is C16H18N2O4. The van der Waals surface area contributed by atoms with E-state index < -0.39 is 11.4 Å². The van der Waals surface area contributed by atoms with Gasteiger partial charge in [0, 0.05) is 11.3 Å². The Bertz CT molecular complexity index is 663. The van der Waals surface area contributed by atoms with Crippen LogP contribution in [0, 0.1) is 0 Å². The zero-order valence-electron chi connectivity index (χ0n) is 12.4. The van der Waals surface area contributed by atoms with Crippen LogP contribution in [0.3, 0.4) is 0 Å². The highest BCUT2D eigenvalue weighted by molar-refractivity contribution is 6.03. The van der Waals surface area contributed by atoms with Gasteiger partial charge < -0.3 is 20.2 Å². The maximum Gasteiger partial charge on any atom is 0.291 e. The van der Waals surface area contributed by atoms with E-state index in [9.17, 15) is 14.7 Å². The van der Waals surface area contributed by atoms with Gasteiger partial charge in [0.05, 0.1) is 18.4 Å². The van der Waals surface area contributed by atoms with E-state index in [0.29, 0.717) is 11.3 Å². The highest BCUT2D eigenvalue weighted by Crippen LogP contribution is 2.14. The second-order valence-electron chi connectivity index (χ2n) is 5.51. The first-order valence-corrected chi connectivity index (χ1v) is 6.79. The van der Waals surface area contributed by atoms with Crippen molar-refractivity contribution in [2.45, 2.75) is 19.4 Å². The normalized spacial score (nSPS) is 11.0. The number of rotatable bonds is 5. The van der Waals surface area contributed by atoms with Crippen LogP contribution in [0.1, 0.15) is 34.8 Å². The molecule has 0 fully saturated rings. The molecule has 2 amide bonds. The van der Waals surface area contributed by atoms with Gasteiger partial charge >= 0.3 is 0 Å². The van der Waals surface area contributed by atoms with E-state index >= 15 is 0 Å². The number of carbonyl (C=O) groups excluding carboxylic acids is 2. The molecule has 0 saturated heterocycles. The number of benzene rings is 1. The maximum absolute atomic E-state index is 12.1. The molecule has 22 heavy (non-hydrogen) atoms. The third kappa shape index (κ3) is 3.95. The number of aliphatic hydroxyl groups excluding tert-OH is 1. The largest absolute Gasteiger partial charge is 0.459 e. The minimum Gasteiger partial charge on any atom is -0.459 e. The van der Waals surface area contributed by atoms with Gasteiger partial charge in [-0.25, -0.2) is 0 Å². The van der Waals surface area contributed by atoms with Crippen LogP contribution in [0.4, 0.5) is 5.69 Å². The van der Waals surface area contributed by atoms with Crippen LogP contribution in [0.25, 0.3) is 0 Å². The first kappa shape index (κ1) is 15.8. The van der Waals surface area contributed by atoms with Crippen LogP contribution in [0.2, 0.25) is 0 Å². The van der Waals surface area contributed by atoms with Gasteiger partial charge in [-0.2, -0.15) is 0 Å². The van der Waals surface area contributed by atoms with Crippen molar-refractivity contribution in [2.24, 2.45) is 0 Å². The summed E-state index contributed by atoms with van der Waals surface area (Å²) in [5.41, 5.74) is 0.152. The number of nitrogens with one attached hydrogen (secondary N) is 2. The molecule has 0 aliphatic carbocycles. The summed E-state index contributed by atoms with van der Waals surface area (Å²) in [4.78, 5) is 24.0. The van der Waals surface area contributed by atoms with Crippen LogP contribution < -0.4 is 10.6 Å². The van der Waals surface area contributed by atoms with E-state index in [2.05, 4.69) is 10.6 Å². The number of aliphatic hydroxyl groups is 1. The molecule has 1 heterocycles. The SMILES string of the molecule is CC(C)(CO)NC(=O)c1cccc(NC(=O)c2ccco2)c1. The summed E-state index contributed by atoms with van der Waals surface area (Å²) in [7, 11) is 0. The number of hydrogen-bond donors (Lipinski definition) is 3. The summed E-state index contributed by atoms with van der Waals surface area (Å²) < 4.78 is 5.01. The Morgan fingerprint density at radius 1 is 1.18 bits per heavy atom. The zero-order valence-corrected chi connectivity index (χ0v) is 12.4. The molecule has 3 N–H and O–H groups in total. The lowest BCUT2D eigenvalue weighted by Crippen LogP contribution is -2.46. The van der Waals surface area contributed by atoms with E-state index in [1.165, 1.54) is 6.26 Å². The highest BCUT2D eigenvalue weighted by atomic mass is 16.3. The van der Waals surface area contributed by atoms with Crippen molar-refractivity contribution in [3.8, 4) is 0 Å². The summed E-state index contributed by atoms with van der Waals surface area (Å²) in [6.07, 6.45) is 1.41. The fourth-order valence-electron chi connectivity index (χ4n) is 1.76. The molecule has 116 valence electrons. The second kappa shape index (κ2) is 6.44. The van der Waals surface area contributed by atoms with Crippen molar-refractivity contribution >= 4 is 17.5 Å². The maximum atomic E-state index is 12.1. The van der Waals surface area contributed by atoms with Crippen LogP contribution >= 0.6 is 0 Å². The fraction of sp³-hybridized carbons (Fsp3) is 0.250. The number of amides is 2. The third-order valence-corrected chi connectivity index (χ3v) is 2.97. The van der Waals surface area contributed by atoms with E-state index in [-0.39, 0.29) is 18.3 Å². The molecule has 2 aromatic rings. The summed E-state index contributed by atoms with van der Waals surface area (Å²) in [5.74, 6) is -0.525. The predicted molar refractivity (Wildman–Crippen MR) is 81.7 cm³/mol. The molecule has 2 rings (SSSR count). The van der Waals surface area contributed by atoms with Crippen LogP contribution in [-0.2, 0) is 0 Å². The first-order valence-electron chi connectivity index (χ1n) is 6.79. The van der Waals surface area contributed by atoms with Gasteiger partial charge in [0.1, 0.15) is 0 Å². The van der Waals surface area contributed by atoms with Gasteiger partial charge in [0.2, 0.25) is 0 Å². The average Bonchev–Trinajstić information content (AvgIpc) is 3.01. The lowest BCUT2D eigenvalue weighted by atomic mass is 10.1. The van der Waals surface area contributed by atoms with Crippen LogP contribution in [0.15, 0.2) is 47.1 Å². The number of anilines is 1. The van der Waals surface area contributed by atoms with Gasteiger partial charge in [-0.3, -0.25) is 9.59 Å². The number of hydrogen-bond acceptors (Lipinski definition) is 4. The second-order valence-corrected chi connectivity index (χ2v) is 5.51. The molecule has 0 saturated carbocycles. The number of carbonyl (C=O) groups is 2. The highest BCUT2D eigenvalue weighted by Gasteiger charge is 2.20. The van der Waals surface area contributed by atoms with Crippen molar-refractivity contribution < 1.29 is 19.1 Å². The molecule has 0 spiro atoms. The van der Waals surface area contributed by atoms with Crippen molar-refractivity contribution in [2.75, 3.05) is 11.9 Å². The lowest BCUT2D eigenvalue weighted by Gasteiger charge is -2.23. The number of furan rings is 1. The lowest BCUT2D eigenvalue weighted by molar-refractivity contribution is 0.0868. The van der Waals surface area contributed by atoms with Gasteiger partial charge in [-0.1, -0.05) is 6.07 Å². The van der Waals surface area contributed by atoms with Gasteiger partial charge in [-0.05, 0) is 44.2 Å². The van der Waals surface area contributed by atoms with Gasteiger partial charge in [0.25, 0.3) is 11.8 Å². The summed E-state index contributed by atoms with van der Waals surface area (Å²) in [5, 5.41) is 14.6. The van der Waals surface area contributed by atoms with Crippen molar-refractivity contribution in [1.29, 1.82) is 0 Å². The Kier molecular flexibility index (Phi) is 4.62. The van der Waals surface area contributed by atoms with Crippen molar-refractivity contribution in [3.63, 3.8) is 0 Å². The Labute approximate surface area is 128 Å².